The predicted octanol–water partition coefficient (Wildman–Crippen LogP) is 4.35. The van der Waals surface area contributed by atoms with Gasteiger partial charge in [0.15, 0.2) is 0 Å². The Morgan fingerprint density at radius 1 is 1.07 bits per heavy atom. The number of phenols is 1. The highest BCUT2D eigenvalue weighted by atomic mass is 19.1. The molecule has 0 spiro atoms. The van der Waals surface area contributed by atoms with Crippen molar-refractivity contribution >= 4 is 27.7 Å². The number of carbonyl (C=O) groups is 1. The number of nitrogens with zero attached hydrogens (tertiary/aromatic N) is 1. The van der Waals surface area contributed by atoms with Crippen molar-refractivity contribution in [3.8, 4) is 5.75 Å². The first-order chi connectivity index (χ1) is 13.0. The number of rotatable bonds is 4. The van der Waals surface area contributed by atoms with Gasteiger partial charge in [-0.25, -0.2) is 4.39 Å². The molecule has 1 aromatic heterocycles. The summed E-state index contributed by atoms with van der Waals surface area (Å²) in [6, 6.07) is 15.5. The van der Waals surface area contributed by atoms with Gasteiger partial charge in [-0.1, -0.05) is 31.2 Å². The first kappa shape index (κ1) is 17.1. The Morgan fingerprint density at radius 2 is 1.85 bits per heavy atom. The van der Waals surface area contributed by atoms with Gasteiger partial charge >= 0.3 is 0 Å². The Hall–Kier alpha value is -3.34. The Labute approximate surface area is 155 Å². The lowest BCUT2D eigenvalue weighted by Crippen LogP contribution is -2.11. The molecule has 0 saturated carbocycles. The quantitative estimate of drug-likeness (QED) is 0.567. The second-order valence-corrected chi connectivity index (χ2v) is 6.60. The number of fused-ring (bicyclic) bond motifs is 3. The number of hydrogen-bond donors (Lipinski definition) is 2. The summed E-state index contributed by atoms with van der Waals surface area (Å²) >= 11 is 0. The van der Waals surface area contributed by atoms with Gasteiger partial charge in [0.05, 0.1) is 23.0 Å². The Kier molecular flexibility index (Phi) is 4.07. The zero-order valence-corrected chi connectivity index (χ0v) is 14.9. The maximum absolute atomic E-state index is 14.3. The molecule has 0 saturated heterocycles. The van der Waals surface area contributed by atoms with Gasteiger partial charge in [-0.3, -0.25) is 4.79 Å². The maximum Gasteiger partial charge on any atom is 0.249 e. The molecule has 5 heteroatoms. The molecular formula is C22H19FN2O2. The predicted molar refractivity (Wildman–Crippen MR) is 105 cm³/mol. The van der Waals surface area contributed by atoms with Crippen LogP contribution >= 0.6 is 0 Å². The summed E-state index contributed by atoms with van der Waals surface area (Å²) in [6.45, 7) is 2.28. The van der Waals surface area contributed by atoms with Gasteiger partial charge in [0, 0.05) is 16.5 Å². The van der Waals surface area contributed by atoms with Crippen molar-refractivity contribution in [2.45, 2.75) is 19.9 Å². The number of halogens is 1. The highest BCUT2D eigenvalue weighted by Gasteiger charge is 2.20. The lowest BCUT2D eigenvalue weighted by molar-refractivity contribution is 0.100. The number of amides is 1. The minimum Gasteiger partial charge on any atom is -0.507 e. The molecule has 0 atom stereocenters. The summed E-state index contributed by atoms with van der Waals surface area (Å²) in [5, 5.41) is 11.8. The van der Waals surface area contributed by atoms with Crippen LogP contribution in [0.1, 0.15) is 28.4 Å². The fourth-order valence-corrected chi connectivity index (χ4v) is 3.67. The van der Waals surface area contributed by atoms with Gasteiger partial charge in [0.25, 0.3) is 0 Å². The number of nitrogens with two attached hydrogens (primary N) is 1. The lowest BCUT2D eigenvalue weighted by Gasteiger charge is -2.10. The van der Waals surface area contributed by atoms with Crippen LogP contribution < -0.4 is 5.73 Å². The molecule has 27 heavy (non-hydrogen) atoms. The largest absolute Gasteiger partial charge is 0.507 e. The first-order valence-corrected chi connectivity index (χ1v) is 8.81. The summed E-state index contributed by atoms with van der Waals surface area (Å²) in [6.07, 6.45) is 0.743. The highest BCUT2D eigenvalue weighted by Crippen LogP contribution is 2.38. The first-order valence-electron chi connectivity index (χ1n) is 8.81. The standard InChI is InChI=1S/C22H19FN2O2/c1-2-13-10-18-21(19(26)11-13)20-15(22(24)27)7-5-9-17(20)25(18)12-14-6-3-4-8-16(14)23/h3-11,26H,2,12H2,1H3,(H2,24,27). The number of hydrogen-bond acceptors (Lipinski definition) is 2. The van der Waals surface area contributed by atoms with Crippen LogP contribution in [0, 0.1) is 5.82 Å². The molecule has 0 bridgehead atoms. The Balaban J connectivity index is 2.12. The number of carbonyl (C=O) groups excluding carboxylic acids is 1. The zero-order chi connectivity index (χ0) is 19.1. The molecule has 0 aliphatic carbocycles. The SMILES string of the molecule is CCc1cc(O)c2c3c(C(N)=O)cccc3n(Cc3ccccc3F)c2c1. The van der Waals surface area contributed by atoms with Gasteiger partial charge in [-0.2, -0.15) is 0 Å². The van der Waals surface area contributed by atoms with E-state index in [2.05, 4.69) is 0 Å². The molecule has 3 N–H and O–H groups in total. The van der Waals surface area contributed by atoms with Crippen LogP contribution in [0.15, 0.2) is 54.6 Å². The van der Waals surface area contributed by atoms with Gasteiger partial charge in [0.1, 0.15) is 11.6 Å². The van der Waals surface area contributed by atoms with E-state index in [1.165, 1.54) is 6.07 Å². The molecule has 136 valence electrons. The van der Waals surface area contributed by atoms with E-state index in [1.54, 1.807) is 36.4 Å². The third kappa shape index (κ3) is 2.72. The van der Waals surface area contributed by atoms with E-state index >= 15 is 0 Å². The van der Waals surface area contributed by atoms with Crippen molar-refractivity contribution in [1.82, 2.24) is 4.57 Å². The van der Waals surface area contributed by atoms with Crippen LogP contribution in [0.4, 0.5) is 4.39 Å². The van der Waals surface area contributed by atoms with Crippen LogP contribution in [0.3, 0.4) is 0 Å². The monoisotopic (exact) mass is 362 g/mol. The lowest BCUT2D eigenvalue weighted by atomic mass is 10.0. The van der Waals surface area contributed by atoms with Crippen molar-refractivity contribution in [2.75, 3.05) is 0 Å². The van der Waals surface area contributed by atoms with Crippen LogP contribution in [0.5, 0.6) is 5.75 Å². The van der Waals surface area contributed by atoms with Crippen LogP contribution in [0.25, 0.3) is 21.8 Å². The summed E-state index contributed by atoms with van der Waals surface area (Å²) in [7, 11) is 0. The molecule has 4 nitrogen and oxygen atoms in total. The number of primary amides is 1. The molecule has 4 rings (SSSR count). The van der Waals surface area contributed by atoms with Crippen LogP contribution in [-0.2, 0) is 13.0 Å². The van der Waals surface area contributed by atoms with Gasteiger partial charge in [-0.05, 0) is 42.3 Å². The topological polar surface area (TPSA) is 68.2 Å². The third-order valence-electron chi connectivity index (χ3n) is 4.99. The van der Waals surface area contributed by atoms with E-state index in [9.17, 15) is 14.3 Å². The smallest absolute Gasteiger partial charge is 0.249 e. The molecule has 0 aliphatic rings. The van der Waals surface area contributed by atoms with Gasteiger partial charge < -0.3 is 15.4 Å². The summed E-state index contributed by atoms with van der Waals surface area (Å²) in [5.41, 5.74) is 8.88. The molecular weight excluding hydrogens is 343 g/mol. The fraction of sp³-hybridized carbons (Fsp3) is 0.136. The van der Waals surface area contributed by atoms with Crippen molar-refractivity contribution in [3.05, 3.63) is 77.1 Å². The normalized spacial score (nSPS) is 11.3. The molecule has 0 unspecified atom stereocenters. The Bertz CT molecular complexity index is 1190. The van der Waals surface area contributed by atoms with Crippen molar-refractivity contribution in [3.63, 3.8) is 0 Å². The van der Waals surface area contributed by atoms with Crippen molar-refractivity contribution in [1.29, 1.82) is 0 Å². The van der Waals surface area contributed by atoms with E-state index in [1.807, 2.05) is 23.6 Å². The molecule has 1 amide bonds. The number of aryl methyl sites for hydroxylation is 1. The minimum absolute atomic E-state index is 0.0929. The highest BCUT2D eigenvalue weighted by molar-refractivity contribution is 6.19. The van der Waals surface area contributed by atoms with E-state index < -0.39 is 5.91 Å². The summed E-state index contributed by atoms with van der Waals surface area (Å²) in [5.74, 6) is -0.769. The van der Waals surface area contributed by atoms with E-state index in [-0.39, 0.29) is 18.1 Å². The third-order valence-corrected chi connectivity index (χ3v) is 4.99. The second-order valence-electron chi connectivity index (χ2n) is 6.60. The van der Waals surface area contributed by atoms with Gasteiger partial charge in [-0.15, -0.1) is 0 Å². The van der Waals surface area contributed by atoms with Crippen molar-refractivity contribution in [2.24, 2.45) is 5.73 Å². The minimum atomic E-state index is -0.565. The number of phenolic OH excluding ortho intramolecular Hbond substituents is 1. The average molecular weight is 362 g/mol. The Morgan fingerprint density at radius 3 is 2.56 bits per heavy atom. The zero-order valence-electron chi connectivity index (χ0n) is 14.9. The molecule has 3 aromatic carbocycles. The molecule has 4 aromatic rings. The number of benzene rings is 3. The molecule has 0 radical (unpaired) electrons. The van der Waals surface area contributed by atoms with Crippen LogP contribution in [0.2, 0.25) is 0 Å². The van der Waals surface area contributed by atoms with Crippen LogP contribution in [-0.4, -0.2) is 15.6 Å². The van der Waals surface area contributed by atoms with E-state index in [0.717, 1.165) is 23.0 Å². The van der Waals surface area contributed by atoms with E-state index in [0.29, 0.717) is 21.9 Å². The summed E-state index contributed by atoms with van der Waals surface area (Å²) in [4.78, 5) is 12.0. The van der Waals surface area contributed by atoms with Crippen molar-refractivity contribution < 1.29 is 14.3 Å². The van der Waals surface area contributed by atoms with Gasteiger partial charge in [0.2, 0.25) is 5.91 Å². The summed E-state index contributed by atoms with van der Waals surface area (Å²) < 4.78 is 16.2. The second kappa shape index (κ2) is 6.43. The molecule has 0 aliphatic heterocycles. The molecule has 1 heterocycles. The maximum atomic E-state index is 14.3. The average Bonchev–Trinajstić information content (AvgIpc) is 2.97. The number of aromatic hydroxyl groups is 1. The molecule has 0 fully saturated rings. The van der Waals surface area contributed by atoms with E-state index in [4.69, 9.17) is 5.73 Å². The number of aromatic nitrogens is 1. The fourth-order valence-electron chi connectivity index (χ4n) is 3.67.